The fraction of sp³-hybridized carbons (Fsp3) is 0.167. The van der Waals surface area contributed by atoms with Gasteiger partial charge in [0.1, 0.15) is 0 Å². The fourth-order valence-electron chi connectivity index (χ4n) is 0.299. The maximum Gasteiger partial charge on any atom is 0.187 e. The van der Waals surface area contributed by atoms with E-state index < -0.39 is 0 Å². The van der Waals surface area contributed by atoms with Crippen LogP contribution in [0.1, 0.15) is 6.92 Å². The van der Waals surface area contributed by atoms with Crippen molar-refractivity contribution in [3.63, 3.8) is 0 Å². The van der Waals surface area contributed by atoms with Crippen molar-refractivity contribution in [3.8, 4) is 0 Å². The second-order valence-corrected chi connectivity index (χ2v) is 1.95. The lowest BCUT2D eigenvalue weighted by molar-refractivity contribution is 1.33. The molecule has 60 valence electrons. The van der Waals surface area contributed by atoms with Gasteiger partial charge in [0.2, 0.25) is 0 Å². The topological polar surface area (TPSA) is 112 Å². The highest BCUT2D eigenvalue weighted by Crippen LogP contribution is 1.77. The van der Waals surface area contributed by atoms with Gasteiger partial charge in [-0.3, -0.25) is 10.8 Å². The number of nitrogens with two attached hydrogens (primary N) is 2. The lowest BCUT2D eigenvalue weighted by Crippen LogP contribution is -2.19. The van der Waals surface area contributed by atoms with Gasteiger partial charge in [-0.15, -0.1) is 0 Å². The van der Waals surface area contributed by atoms with Crippen LogP contribution >= 0.6 is 0 Å². The molecular weight excluding hydrogens is 142 g/mol. The molecule has 0 atom stereocenters. The van der Waals surface area contributed by atoms with E-state index in [1.165, 1.54) is 12.3 Å². The van der Waals surface area contributed by atoms with E-state index in [1.807, 2.05) is 0 Å². The highest BCUT2D eigenvalue weighted by Gasteiger charge is 1.92. The van der Waals surface area contributed by atoms with Gasteiger partial charge in [-0.1, -0.05) is 0 Å². The number of nitrogens with one attached hydrogen (secondary N) is 2. The Kier molecular flexibility index (Phi) is 3.58. The number of amidine groups is 2. The fourth-order valence-corrected chi connectivity index (χ4v) is 0.299. The average Bonchev–Trinajstić information content (AvgIpc) is 1.86. The minimum absolute atomic E-state index is 0.262. The predicted molar refractivity (Wildman–Crippen MR) is 46.1 cm³/mol. The first-order valence-corrected chi connectivity index (χ1v) is 2.93. The van der Waals surface area contributed by atoms with Crippen molar-refractivity contribution >= 4 is 17.9 Å². The summed E-state index contributed by atoms with van der Waals surface area (Å²) in [7, 11) is 0. The van der Waals surface area contributed by atoms with Crippen LogP contribution in [-0.4, -0.2) is 17.9 Å². The van der Waals surface area contributed by atoms with Crippen LogP contribution in [0.25, 0.3) is 0 Å². The first-order valence-electron chi connectivity index (χ1n) is 2.93. The number of hydrogen-bond acceptors (Lipinski definition) is 3. The van der Waals surface area contributed by atoms with Gasteiger partial charge in [0.15, 0.2) is 11.7 Å². The molecule has 0 aromatic heterocycles. The van der Waals surface area contributed by atoms with Crippen molar-refractivity contribution in [2.75, 3.05) is 0 Å². The van der Waals surface area contributed by atoms with E-state index >= 15 is 0 Å². The largest absolute Gasteiger partial charge is 0.402 e. The Bertz CT molecular complexity index is 221. The summed E-state index contributed by atoms with van der Waals surface area (Å²) in [5.41, 5.74) is 10.8. The highest BCUT2D eigenvalue weighted by molar-refractivity contribution is 6.38. The van der Waals surface area contributed by atoms with E-state index in [2.05, 4.69) is 4.99 Å². The van der Waals surface area contributed by atoms with Gasteiger partial charge in [-0.2, -0.15) is 0 Å². The minimum Gasteiger partial charge on any atom is -0.402 e. The molecule has 0 saturated heterocycles. The highest BCUT2D eigenvalue weighted by atomic mass is 14.9. The number of rotatable bonds is 1. The number of nitrogens with zero attached hydrogens (tertiary/aromatic N) is 1. The Balaban J connectivity index is 4.05. The quantitative estimate of drug-likeness (QED) is 0.309. The summed E-state index contributed by atoms with van der Waals surface area (Å²) in [6.07, 6.45) is 2.86. The van der Waals surface area contributed by atoms with Crippen molar-refractivity contribution in [3.05, 3.63) is 11.8 Å². The SMILES string of the molecule is CC(N)=CC=NC(=N)C(=N)N. The zero-order chi connectivity index (χ0) is 8.85. The van der Waals surface area contributed by atoms with E-state index in [1.54, 1.807) is 6.92 Å². The summed E-state index contributed by atoms with van der Waals surface area (Å²) in [4.78, 5) is 3.52. The van der Waals surface area contributed by atoms with Gasteiger partial charge < -0.3 is 11.5 Å². The van der Waals surface area contributed by atoms with E-state index in [-0.39, 0.29) is 11.7 Å². The zero-order valence-corrected chi connectivity index (χ0v) is 6.26. The van der Waals surface area contributed by atoms with Crippen LogP contribution in [0, 0.1) is 10.8 Å². The Morgan fingerprint density at radius 3 is 2.27 bits per heavy atom. The molecule has 0 spiro atoms. The van der Waals surface area contributed by atoms with Crippen LogP contribution in [0.3, 0.4) is 0 Å². The van der Waals surface area contributed by atoms with Gasteiger partial charge in [0.25, 0.3) is 0 Å². The van der Waals surface area contributed by atoms with E-state index in [9.17, 15) is 0 Å². The van der Waals surface area contributed by atoms with Gasteiger partial charge in [-0.25, -0.2) is 4.99 Å². The van der Waals surface area contributed by atoms with Gasteiger partial charge in [0, 0.05) is 11.9 Å². The maximum atomic E-state index is 6.97. The van der Waals surface area contributed by atoms with E-state index in [0.717, 1.165) is 0 Å². The summed E-state index contributed by atoms with van der Waals surface area (Å²) in [6, 6.07) is 0. The molecule has 0 aliphatic rings. The molecule has 0 saturated carbocycles. The molecule has 0 aromatic rings. The molecule has 0 fully saturated rings. The van der Waals surface area contributed by atoms with Crippen LogP contribution < -0.4 is 11.5 Å². The molecule has 6 N–H and O–H groups in total. The minimum atomic E-state index is -0.357. The molecule has 0 heterocycles. The third-order valence-electron chi connectivity index (χ3n) is 0.796. The first-order chi connectivity index (χ1) is 5.04. The average molecular weight is 153 g/mol. The van der Waals surface area contributed by atoms with E-state index in [4.69, 9.17) is 22.3 Å². The third-order valence-corrected chi connectivity index (χ3v) is 0.796. The second kappa shape index (κ2) is 4.21. The smallest absolute Gasteiger partial charge is 0.187 e. The van der Waals surface area contributed by atoms with Crippen LogP contribution in [0.4, 0.5) is 0 Å². The van der Waals surface area contributed by atoms with Crippen molar-refractivity contribution in [1.82, 2.24) is 0 Å². The number of aliphatic imine (C=N–C) groups is 1. The van der Waals surface area contributed by atoms with Crippen LogP contribution in [0.2, 0.25) is 0 Å². The van der Waals surface area contributed by atoms with Crippen LogP contribution in [0.15, 0.2) is 16.8 Å². The van der Waals surface area contributed by atoms with Gasteiger partial charge in [0.05, 0.1) is 0 Å². The van der Waals surface area contributed by atoms with Gasteiger partial charge >= 0.3 is 0 Å². The Morgan fingerprint density at radius 1 is 1.36 bits per heavy atom. The van der Waals surface area contributed by atoms with Crippen molar-refractivity contribution in [1.29, 1.82) is 10.8 Å². The Hall–Kier alpha value is -1.65. The summed E-state index contributed by atoms with van der Waals surface area (Å²) >= 11 is 0. The van der Waals surface area contributed by atoms with Crippen molar-refractivity contribution in [2.24, 2.45) is 16.5 Å². The summed E-state index contributed by atoms with van der Waals surface area (Å²) in [6.45, 7) is 1.70. The Labute approximate surface area is 64.8 Å². The lowest BCUT2D eigenvalue weighted by Gasteiger charge is -1.89. The lowest BCUT2D eigenvalue weighted by atomic mass is 10.4. The van der Waals surface area contributed by atoms with Crippen LogP contribution in [-0.2, 0) is 0 Å². The summed E-state index contributed by atoms with van der Waals surface area (Å²) in [5.74, 6) is -0.619. The summed E-state index contributed by atoms with van der Waals surface area (Å²) < 4.78 is 0. The number of allylic oxidation sites excluding steroid dienone is 2. The predicted octanol–water partition coefficient (Wildman–Crippen LogP) is -0.167. The summed E-state index contributed by atoms with van der Waals surface area (Å²) in [5, 5.41) is 13.7. The third kappa shape index (κ3) is 4.83. The molecule has 5 nitrogen and oxygen atoms in total. The van der Waals surface area contributed by atoms with E-state index in [0.29, 0.717) is 5.70 Å². The second-order valence-electron chi connectivity index (χ2n) is 1.95. The molecule has 0 radical (unpaired) electrons. The molecule has 5 heteroatoms. The molecule has 0 amide bonds. The monoisotopic (exact) mass is 153 g/mol. The molecule has 0 unspecified atom stereocenters. The van der Waals surface area contributed by atoms with Gasteiger partial charge in [-0.05, 0) is 13.0 Å². The standard InChI is InChI=1S/C6H11N5/c1-4(7)2-3-11-6(10)5(8)9/h2-3,10H,7H2,1H3,(H3,8,9). The molecule has 0 rings (SSSR count). The molecule has 0 aliphatic heterocycles. The molecule has 0 bridgehead atoms. The normalized spacial score (nSPS) is 11.9. The molecule has 0 aliphatic carbocycles. The van der Waals surface area contributed by atoms with Crippen LogP contribution in [0.5, 0.6) is 0 Å². The molecule has 11 heavy (non-hydrogen) atoms. The Morgan fingerprint density at radius 2 is 1.91 bits per heavy atom. The molecular formula is C6H11N5. The van der Waals surface area contributed by atoms with Crippen molar-refractivity contribution < 1.29 is 0 Å². The molecule has 0 aromatic carbocycles. The zero-order valence-electron chi connectivity index (χ0n) is 6.26. The van der Waals surface area contributed by atoms with Crippen molar-refractivity contribution in [2.45, 2.75) is 6.92 Å². The maximum absolute atomic E-state index is 6.97. The first kappa shape index (κ1) is 9.35. The number of hydrogen-bond donors (Lipinski definition) is 4.